The Morgan fingerprint density at radius 1 is 1.37 bits per heavy atom. The average molecular weight is 300 g/mol. The first-order valence-corrected chi connectivity index (χ1v) is 7.37. The highest BCUT2D eigenvalue weighted by atomic mass is 35.5. The van der Waals surface area contributed by atoms with Crippen LogP contribution in [0.2, 0.25) is 5.02 Å². The largest absolute Gasteiger partial charge is 0.378 e. The molecular formula is C13H18ClN3OS. The number of halogens is 1. The molecule has 0 saturated carbocycles. The molecule has 1 N–H and O–H groups in total. The normalized spacial score (nSPS) is 11.4. The van der Waals surface area contributed by atoms with Crippen molar-refractivity contribution in [1.29, 1.82) is 0 Å². The summed E-state index contributed by atoms with van der Waals surface area (Å²) in [6.07, 6.45) is 0. The maximum absolute atomic E-state index is 5.95. The fourth-order valence-electron chi connectivity index (χ4n) is 1.55. The zero-order valence-corrected chi connectivity index (χ0v) is 12.7. The van der Waals surface area contributed by atoms with Crippen LogP contribution in [0.15, 0.2) is 18.2 Å². The molecule has 2 rings (SSSR count). The third-order valence-corrected chi connectivity index (χ3v) is 3.77. The second-order valence-electron chi connectivity index (χ2n) is 4.47. The molecule has 0 bridgehead atoms. The Balaban J connectivity index is 1.75. The molecular weight excluding hydrogens is 282 g/mol. The molecule has 6 heteroatoms. The van der Waals surface area contributed by atoms with Crippen LogP contribution >= 0.6 is 22.9 Å². The van der Waals surface area contributed by atoms with E-state index >= 15 is 0 Å². The van der Waals surface area contributed by atoms with Gasteiger partial charge in [0.1, 0.15) is 0 Å². The molecule has 0 amide bonds. The Morgan fingerprint density at radius 3 is 3.00 bits per heavy atom. The Labute approximate surface area is 122 Å². The van der Waals surface area contributed by atoms with Crippen molar-refractivity contribution in [3.05, 3.63) is 23.2 Å². The van der Waals surface area contributed by atoms with Gasteiger partial charge in [-0.2, -0.15) is 0 Å². The van der Waals surface area contributed by atoms with Gasteiger partial charge in [0.2, 0.25) is 0 Å². The van der Waals surface area contributed by atoms with Gasteiger partial charge in [0.05, 0.1) is 23.4 Å². The van der Waals surface area contributed by atoms with E-state index in [4.69, 9.17) is 16.3 Å². The predicted octanol–water partition coefficient (Wildman–Crippen LogP) is 2.94. The lowest BCUT2D eigenvalue weighted by Crippen LogP contribution is -2.19. The van der Waals surface area contributed by atoms with Crippen molar-refractivity contribution < 1.29 is 4.74 Å². The van der Waals surface area contributed by atoms with Gasteiger partial charge in [-0.1, -0.05) is 22.9 Å². The van der Waals surface area contributed by atoms with Gasteiger partial charge in [-0.05, 0) is 32.3 Å². The molecule has 2 aromatic rings. The molecule has 0 aliphatic rings. The van der Waals surface area contributed by atoms with Crippen LogP contribution in [-0.4, -0.2) is 50.3 Å². The summed E-state index contributed by atoms with van der Waals surface area (Å²) in [7, 11) is 4.07. The highest BCUT2D eigenvalue weighted by Crippen LogP contribution is 2.27. The number of nitrogens with zero attached hydrogens (tertiary/aromatic N) is 2. The van der Waals surface area contributed by atoms with E-state index < -0.39 is 0 Å². The summed E-state index contributed by atoms with van der Waals surface area (Å²) in [5, 5.41) is 4.92. The van der Waals surface area contributed by atoms with E-state index in [9.17, 15) is 0 Å². The van der Waals surface area contributed by atoms with Crippen LogP contribution in [0.5, 0.6) is 0 Å². The van der Waals surface area contributed by atoms with E-state index in [-0.39, 0.29) is 0 Å². The van der Waals surface area contributed by atoms with Crippen molar-refractivity contribution in [1.82, 2.24) is 9.88 Å². The minimum absolute atomic E-state index is 0.685. The van der Waals surface area contributed by atoms with E-state index in [0.717, 1.165) is 40.1 Å². The van der Waals surface area contributed by atoms with Crippen LogP contribution in [-0.2, 0) is 4.74 Å². The Hall–Kier alpha value is -0.880. The minimum Gasteiger partial charge on any atom is -0.378 e. The number of ether oxygens (including phenoxy) is 1. The second-order valence-corrected chi connectivity index (χ2v) is 5.94. The standard InChI is InChI=1S/C13H18ClN3OS/c1-17(2)6-8-18-7-5-15-13-16-11-4-3-10(14)9-12(11)19-13/h3-4,9H,5-8H2,1-2H3,(H,15,16). The van der Waals surface area contributed by atoms with Crippen LogP contribution in [0.1, 0.15) is 0 Å². The first-order valence-electron chi connectivity index (χ1n) is 6.17. The predicted molar refractivity (Wildman–Crippen MR) is 82.5 cm³/mol. The van der Waals surface area contributed by atoms with Gasteiger partial charge in [-0.15, -0.1) is 0 Å². The van der Waals surface area contributed by atoms with Crippen molar-refractivity contribution in [3.8, 4) is 0 Å². The summed E-state index contributed by atoms with van der Waals surface area (Å²) in [5.41, 5.74) is 0.977. The molecule has 0 atom stereocenters. The zero-order valence-electron chi connectivity index (χ0n) is 11.1. The van der Waals surface area contributed by atoms with Crippen molar-refractivity contribution in [2.75, 3.05) is 45.7 Å². The van der Waals surface area contributed by atoms with E-state index in [1.165, 1.54) is 0 Å². The number of anilines is 1. The number of aromatic nitrogens is 1. The summed E-state index contributed by atoms with van der Waals surface area (Å²) >= 11 is 7.56. The molecule has 0 aliphatic carbocycles. The molecule has 0 saturated heterocycles. The summed E-state index contributed by atoms with van der Waals surface area (Å²) in [6, 6.07) is 5.73. The Kier molecular flexibility index (Phi) is 5.39. The van der Waals surface area contributed by atoms with Crippen LogP contribution in [0.3, 0.4) is 0 Å². The smallest absolute Gasteiger partial charge is 0.183 e. The average Bonchev–Trinajstić information content (AvgIpc) is 2.75. The number of likely N-dealkylation sites (N-methyl/N-ethyl adjacent to an activating group) is 1. The first-order chi connectivity index (χ1) is 9.15. The SMILES string of the molecule is CN(C)CCOCCNc1nc2ccc(Cl)cc2s1. The van der Waals surface area contributed by atoms with E-state index in [1.54, 1.807) is 11.3 Å². The summed E-state index contributed by atoms with van der Waals surface area (Å²) in [6.45, 7) is 3.15. The van der Waals surface area contributed by atoms with Gasteiger partial charge in [0, 0.05) is 18.1 Å². The molecule has 0 fully saturated rings. The van der Waals surface area contributed by atoms with E-state index in [1.807, 2.05) is 32.3 Å². The first kappa shape index (κ1) is 14.5. The molecule has 0 radical (unpaired) electrons. The number of nitrogens with one attached hydrogen (secondary N) is 1. The lowest BCUT2D eigenvalue weighted by Gasteiger charge is -2.09. The highest BCUT2D eigenvalue weighted by molar-refractivity contribution is 7.22. The van der Waals surface area contributed by atoms with Crippen molar-refractivity contribution in [2.24, 2.45) is 0 Å². The monoisotopic (exact) mass is 299 g/mol. The Morgan fingerprint density at radius 2 is 2.21 bits per heavy atom. The Bertz CT molecular complexity index is 530. The van der Waals surface area contributed by atoms with Crippen LogP contribution in [0.25, 0.3) is 10.2 Å². The van der Waals surface area contributed by atoms with Crippen LogP contribution in [0.4, 0.5) is 5.13 Å². The fraction of sp³-hybridized carbons (Fsp3) is 0.462. The molecule has 0 spiro atoms. The van der Waals surface area contributed by atoms with Gasteiger partial charge in [0.25, 0.3) is 0 Å². The zero-order chi connectivity index (χ0) is 13.7. The lowest BCUT2D eigenvalue weighted by molar-refractivity contribution is 0.126. The lowest BCUT2D eigenvalue weighted by atomic mass is 10.3. The molecule has 0 aliphatic heterocycles. The highest BCUT2D eigenvalue weighted by Gasteiger charge is 2.03. The van der Waals surface area contributed by atoms with Crippen molar-refractivity contribution in [3.63, 3.8) is 0 Å². The van der Waals surface area contributed by atoms with Gasteiger partial charge in [-0.25, -0.2) is 4.98 Å². The fourth-order valence-corrected chi connectivity index (χ4v) is 2.72. The maximum atomic E-state index is 5.95. The molecule has 1 aromatic heterocycles. The molecule has 1 heterocycles. The van der Waals surface area contributed by atoms with E-state index in [0.29, 0.717) is 6.61 Å². The van der Waals surface area contributed by atoms with Crippen molar-refractivity contribution in [2.45, 2.75) is 0 Å². The van der Waals surface area contributed by atoms with Crippen molar-refractivity contribution >= 4 is 38.3 Å². The summed E-state index contributed by atoms with van der Waals surface area (Å²) in [5.74, 6) is 0. The molecule has 104 valence electrons. The quantitative estimate of drug-likeness (QED) is 0.798. The number of rotatable bonds is 7. The third-order valence-electron chi connectivity index (χ3n) is 2.56. The summed E-state index contributed by atoms with van der Waals surface area (Å²) < 4.78 is 6.61. The topological polar surface area (TPSA) is 37.4 Å². The number of fused-ring (bicyclic) bond motifs is 1. The van der Waals surface area contributed by atoms with Crippen LogP contribution in [0, 0.1) is 0 Å². The van der Waals surface area contributed by atoms with E-state index in [2.05, 4.69) is 15.2 Å². The number of hydrogen-bond acceptors (Lipinski definition) is 5. The van der Waals surface area contributed by atoms with Gasteiger partial charge in [0.15, 0.2) is 5.13 Å². The maximum Gasteiger partial charge on any atom is 0.183 e. The molecule has 19 heavy (non-hydrogen) atoms. The number of thiazole rings is 1. The third kappa shape index (κ3) is 4.62. The van der Waals surface area contributed by atoms with Gasteiger partial charge >= 0.3 is 0 Å². The molecule has 1 aromatic carbocycles. The second kappa shape index (κ2) is 7.05. The van der Waals surface area contributed by atoms with Gasteiger partial charge in [-0.3, -0.25) is 0 Å². The molecule has 0 unspecified atom stereocenters. The van der Waals surface area contributed by atoms with Crippen LogP contribution < -0.4 is 5.32 Å². The molecule has 4 nitrogen and oxygen atoms in total. The van der Waals surface area contributed by atoms with Gasteiger partial charge < -0.3 is 15.0 Å². The number of benzene rings is 1. The summed E-state index contributed by atoms with van der Waals surface area (Å²) in [4.78, 5) is 6.59. The minimum atomic E-state index is 0.685. The number of hydrogen-bond donors (Lipinski definition) is 1.